The standard InChI is InChI=1S/C25H33NO6/c1-15(2)6-11-19-24(3,32-19)21-20(29-4)18(12-13-25(21)14-31-25)26-22(27)16-7-9-17(10-8-16)23(28)30-5/h6-10,18-21H,11-14H2,1-5H3,(H,26,27)/t18-,19-,20-,21-,24?,25+/m1/s1. The number of methoxy groups -OCH3 is 2. The average molecular weight is 444 g/mol. The lowest BCUT2D eigenvalue weighted by molar-refractivity contribution is -0.0660. The average Bonchev–Trinajstić information content (AvgIpc) is 3.70. The number of allylic oxidation sites excluding steroid dienone is 1. The molecular weight excluding hydrogens is 410 g/mol. The fourth-order valence-electron chi connectivity index (χ4n) is 5.27. The van der Waals surface area contributed by atoms with Crippen LogP contribution in [0.1, 0.15) is 60.7 Å². The summed E-state index contributed by atoms with van der Waals surface area (Å²) in [5.41, 5.74) is 1.61. The predicted octanol–water partition coefficient (Wildman–Crippen LogP) is 3.28. The maximum absolute atomic E-state index is 13.0. The SMILES string of the molecule is COC(=O)c1ccc(C(=O)N[C@@H]2CC[C@]3(CO3)[C@@H](C3(C)O[C@@H]3CC=C(C)C)[C@@H]2OC)cc1. The van der Waals surface area contributed by atoms with Gasteiger partial charge in [-0.15, -0.1) is 0 Å². The van der Waals surface area contributed by atoms with E-state index in [-0.39, 0.29) is 41.3 Å². The number of amides is 1. The number of nitrogens with one attached hydrogen (secondary N) is 1. The Hall–Kier alpha value is -2.22. The second-order valence-corrected chi connectivity index (χ2v) is 9.53. The Kier molecular flexibility index (Phi) is 6.18. The van der Waals surface area contributed by atoms with Crippen LogP contribution in [0.4, 0.5) is 0 Å². The molecule has 2 heterocycles. The molecular formula is C25H33NO6. The quantitative estimate of drug-likeness (QED) is 0.395. The molecule has 1 aromatic carbocycles. The summed E-state index contributed by atoms with van der Waals surface area (Å²) in [6.07, 6.45) is 4.62. The van der Waals surface area contributed by atoms with Crippen LogP contribution in [-0.2, 0) is 18.9 Å². The molecule has 3 fully saturated rings. The first kappa shape index (κ1) is 23.0. The molecule has 6 atom stereocenters. The van der Waals surface area contributed by atoms with E-state index >= 15 is 0 Å². The third-order valence-electron chi connectivity index (χ3n) is 7.18. The number of hydrogen-bond acceptors (Lipinski definition) is 6. The Morgan fingerprint density at radius 1 is 1.19 bits per heavy atom. The Balaban J connectivity index is 1.49. The maximum Gasteiger partial charge on any atom is 0.337 e. The van der Waals surface area contributed by atoms with E-state index in [1.54, 1.807) is 31.4 Å². The monoisotopic (exact) mass is 443 g/mol. The molecule has 1 unspecified atom stereocenters. The zero-order valence-corrected chi connectivity index (χ0v) is 19.5. The molecule has 1 aromatic rings. The summed E-state index contributed by atoms with van der Waals surface area (Å²) in [6, 6.07) is 6.31. The van der Waals surface area contributed by atoms with Crippen LogP contribution in [0.15, 0.2) is 35.9 Å². The van der Waals surface area contributed by atoms with Crippen molar-refractivity contribution in [3.63, 3.8) is 0 Å². The third kappa shape index (κ3) is 4.21. The van der Waals surface area contributed by atoms with Crippen molar-refractivity contribution in [2.24, 2.45) is 5.92 Å². The minimum atomic E-state index is -0.429. The van der Waals surface area contributed by atoms with Crippen molar-refractivity contribution in [3.8, 4) is 0 Å². The normalized spacial score (nSPS) is 35.2. The highest BCUT2D eigenvalue weighted by Crippen LogP contribution is 2.59. The van der Waals surface area contributed by atoms with E-state index in [1.165, 1.54) is 12.7 Å². The van der Waals surface area contributed by atoms with E-state index in [4.69, 9.17) is 18.9 Å². The van der Waals surface area contributed by atoms with Crippen molar-refractivity contribution in [1.82, 2.24) is 5.32 Å². The smallest absolute Gasteiger partial charge is 0.337 e. The van der Waals surface area contributed by atoms with E-state index < -0.39 is 5.97 Å². The van der Waals surface area contributed by atoms with E-state index in [0.717, 1.165) is 19.3 Å². The van der Waals surface area contributed by atoms with Gasteiger partial charge in [0.15, 0.2) is 0 Å². The van der Waals surface area contributed by atoms with Crippen molar-refractivity contribution in [1.29, 1.82) is 0 Å². The molecule has 1 N–H and O–H groups in total. The Bertz CT molecular complexity index is 902. The van der Waals surface area contributed by atoms with Crippen molar-refractivity contribution in [2.45, 2.75) is 69.5 Å². The van der Waals surface area contributed by atoms with Crippen LogP contribution in [0.25, 0.3) is 0 Å². The summed E-state index contributed by atoms with van der Waals surface area (Å²) < 4.78 is 22.9. The fourth-order valence-corrected chi connectivity index (χ4v) is 5.27. The molecule has 32 heavy (non-hydrogen) atoms. The highest BCUT2D eigenvalue weighted by molar-refractivity contribution is 5.96. The Morgan fingerprint density at radius 3 is 2.41 bits per heavy atom. The molecule has 7 heteroatoms. The summed E-state index contributed by atoms with van der Waals surface area (Å²) in [5, 5.41) is 3.16. The van der Waals surface area contributed by atoms with Crippen molar-refractivity contribution in [2.75, 3.05) is 20.8 Å². The van der Waals surface area contributed by atoms with Gasteiger partial charge in [0, 0.05) is 18.6 Å². The molecule has 0 aromatic heterocycles. The van der Waals surface area contributed by atoms with Gasteiger partial charge in [-0.05, 0) is 64.3 Å². The van der Waals surface area contributed by atoms with Gasteiger partial charge in [-0.1, -0.05) is 11.6 Å². The third-order valence-corrected chi connectivity index (χ3v) is 7.18. The lowest BCUT2D eigenvalue weighted by Crippen LogP contribution is -2.59. The molecule has 1 spiro atoms. The van der Waals surface area contributed by atoms with E-state index in [2.05, 4.69) is 32.2 Å². The lowest BCUT2D eigenvalue weighted by Gasteiger charge is -2.43. The van der Waals surface area contributed by atoms with Gasteiger partial charge in [0.1, 0.15) is 5.60 Å². The van der Waals surface area contributed by atoms with Crippen molar-refractivity contribution >= 4 is 11.9 Å². The molecule has 1 amide bonds. The molecule has 2 aliphatic heterocycles. The number of esters is 1. The van der Waals surface area contributed by atoms with Crippen LogP contribution < -0.4 is 5.32 Å². The minimum Gasteiger partial charge on any atom is -0.465 e. The van der Waals surface area contributed by atoms with Gasteiger partial charge in [-0.2, -0.15) is 0 Å². The van der Waals surface area contributed by atoms with Crippen LogP contribution in [0.3, 0.4) is 0 Å². The van der Waals surface area contributed by atoms with Crippen molar-refractivity contribution in [3.05, 3.63) is 47.0 Å². The van der Waals surface area contributed by atoms with Crippen LogP contribution >= 0.6 is 0 Å². The number of rotatable bonds is 7. The largest absolute Gasteiger partial charge is 0.465 e. The molecule has 0 bridgehead atoms. The molecule has 1 saturated carbocycles. The van der Waals surface area contributed by atoms with Crippen LogP contribution in [-0.4, -0.2) is 62.2 Å². The van der Waals surface area contributed by atoms with E-state index in [1.807, 2.05) is 0 Å². The first-order valence-corrected chi connectivity index (χ1v) is 11.2. The Labute approximate surface area is 189 Å². The first-order valence-electron chi connectivity index (χ1n) is 11.2. The molecule has 3 aliphatic rings. The second kappa shape index (κ2) is 8.61. The van der Waals surface area contributed by atoms with Gasteiger partial charge in [-0.25, -0.2) is 4.79 Å². The van der Waals surface area contributed by atoms with E-state index in [9.17, 15) is 9.59 Å². The number of ether oxygens (including phenoxy) is 4. The molecule has 7 nitrogen and oxygen atoms in total. The highest BCUT2D eigenvalue weighted by Gasteiger charge is 2.71. The van der Waals surface area contributed by atoms with Gasteiger partial charge in [0.2, 0.25) is 0 Å². The Morgan fingerprint density at radius 2 is 1.84 bits per heavy atom. The molecule has 174 valence electrons. The second-order valence-electron chi connectivity index (χ2n) is 9.53. The summed E-state index contributed by atoms with van der Waals surface area (Å²) in [6.45, 7) is 7.04. The number of epoxide rings is 2. The van der Waals surface area contributed by atoms with Gasteiger partial charge >= 0.3 is 5.97 Å². The summed E-state index contributed by atoms with van der Waals surface area (Å²) >= 11 is 0. The van der Waals surface area contributed by atoms with Gasteiger partial charge < -0.3 is 24.3 Å². The van der Waals surface area contributed by atoms with Gasteiger partial charge in [-0.3, -0.25) is 4.79 Å². The number of carbonyl (C=O) groups is 2. The molecule has 2 saturated heterocycles. The summed E-state index contributed by atoms with van der Waals surface area (Å²) in [4.78, 5) is 24.6. The van der Waals surface area contributed by atoms with Gasteiger partial charge in [0.05, 0.1) is 43.1 Å². The highest BCUT2D eigenvalue weighted by atomic mass is 16.6. The number of carbonyl (C=O) groups excluding carboxylic acids is 2. The van der Waals surface area contributed by atoms with Crippen molar-refractivity contribution < 1.29 is 28.5 Å². The van der Waals surface area contributed by atoms with Crippen LogP contribution in [0, 0.1) is 5.92 Å². The predicted molar refractivity (Wildman–Crippen MR) is 119 cm³/mol. The van der Waals surface area contributed by atoms with Gasteiger partial charge in [0.25, 0.3) is 5.91 Å². The van der Waals surface area contributed by atoms with E-state index in [0.29, 0.717) is 17.7 Å². The number of hydrogen-bond donors (Lipinski definition) is 1. The maximum atomic E-state index is 13.0. The summed E-state index contributed by atoms with van der Waals surface area (Å²) in [5.74, 6) is -0.583. The van der Waals surface area contributed by atoms with Crippen LogP contribution in [0.5, 0.6) is 0 Å². The zero-order chi connectivity index (χ0) is 23.1. The molecule has 0 radical (unpaired) electrons. The molecule has 4 rings (SSSR count). The topological polar surface area (TPSA) is 89.7 Å². The zero-order valence-electron chi connectivity index (χ0n) is 19.5. The van der Waals surface area contributed by atoms with Crippen LogP contribution in [0.2, 0.25) is 0 Å². The minimum absolute atomic E-state index is 0.0383. The lowest BCUT2D eigenvalue weighted by atomic mass is 9.67. The molecule has 1 aliphatic carbocycles. The fraction of sp³-hybridized carbons (Fsp3) is 0.600. The first-order chi connectivity index (χ1) is 15.2. The number of benzene rings is 1. The summed E-state index contributed by atoms with van der Waals surface area (Å²) in [7, 11) is 3.03.